The molecule has 0 amide bonds. The zero-order chi connectivity index (χ0) is 19.8. The summed E-state index contributed by atoms with van der Waals surface area (Å²) in [5.74, 6) is 0.534. The van der Waals surface area contributed by atoms with Crippen molar-refractivity contribution >= 4 is 0 Å². The van der Waals surface area contributed by atoms with Crippen molar-refractivity contribution in [2.24, 2.45) is 5.92 Å². The highest BCUT2D eigenvalue weighted by Crippen LogP contribution is 2.33. The highest BCUT2D eigenvalue weighted by molar-refractivity contribution is 5.25. The number of allylic oxidation sites excluding steroid dienone is 2. The van der Waals surface area contributed by atoms with Crippen LogP contribution in [0.1, 0.15) is 69.6 Å². The van der Waals surface area contributed by atoms with Gasteiger partial charge in [0.1, 0.15) is 0 Å². The van der Waals surface area contributed by atoms with Gasteiger partial charge in [0.05, 0.1) is 25.9 Å². The van der Waals surface area contributed by atoms with Crippen LogP contribution in [0.15, 0.2) is 36.4 Å². The van der Waals surface area contributed by atoms with Gasteiger partial charge in [-0.05, 0) is 68.9 Å². The Labute approximate surface area is 169 Å². The first-order valence-corrected chi connectivity index (χ1v) is 10.9. The number of ether oxygens (including phenoxy) is 3. The molecule has 0 bridgehead atoms. The SMILES string of the molecule is C/C=C/CCc1ccc(C2CCC(CCC3OCC(F)(CC)CO3)CO2)cc1. The minimum atomic E-state index is -1.31. The monoisotopic (exact) mass is 390 g/mol. The fourth-order valence-corrected chi connectivity index (χ4v) is 3.93. The Morgan fingerprint density at radius 3 is 2.43 bits per heavy atom. The number of aryl methyl sites for hydroxylation is 1. The summed E-state index contributed by atoms with van der Waals surface area (Å²) in [6.45, 7) is 4.99. The number of hydrogen-bond donors (Lipinski definition) is 0. The molecule has 28 heavy (non-hydrogen) atoms. The van der Waals surface area contributed by atoms with E-state index in [0.29, 0.717) is 12.3 Å². The van der Waals surface area contributed by atoms with Crippen molar-refractivity contribution in [2.75, 3.05) is 19.8 Å². The van der Waals surface area contributed by atoms with Crippen LogP contribution in [0, 0.1) is 5.92 Å². The van der Waals surface area contributed by atoms with E-state index in [4.69, 9.17) is 14.2 Å². The van der Waals surface area contributed by atoms with Crippen molar-refractivity contribution in [1.82, 2.24) is 0 Å². The molecular weight excluding hydrogens is 355 g/mol. The third kappa shape index (κ3) is 6.13. The molecule has 3 nitrogen and oxygen atoms in total. The predicted octanol–water partition coefficient (Wildman–Crippen LogP) is 5.93. The van der Waals surface area contributed by atoms with Crippen molar-refractivity contribution < 1.29 is 18.6 Å². The van der Waals surface area contributed by atoms with E-state index >= 15 is 0 Å². The zero-order valence-corrected chi connectivity index (χ0v) is 17.4. The lowest BCUT2D eigenvalue weighted by atomic mass is 9.91. The lowest BCUT2D eigenvalue weighted by Crippen LogP contribution is -2.43. The van der Waals surface area contributed by atoms with Crippen LogP contribution in [0.2, 0.25) is 0 Å². The average Bonchev–Trinajstić information content (AvgIpc) is 2.75. The highest BCUT2D eigenvalue weighted by Gasteiger charge is 2.35. The molecule has 2 fully saturated rings. The molecule has 2 atom stereocenters. The molecule has 156 valence electrons. The lowest BCUT2D eigenvalue weighted by Gasteiger charge is -2.35. The molecule has 0 spiro atoms. The fraction of sp³-hybridized carbons (Fsp3) is 0.667. The second-order valence-electron chi connectivity index (χ2n) is 8.25. The minimum Gasteiger partial charge on any atom is -0.373 e. The van der Waals surface area contributed by atoms with Gasteiger partial charge in [0.25, 0.3) is 0 Å². The molecule has 0 aromatic heterocycles. The van der Waals surface area contributed by atoms with Gasteiger partial charge < -0.3 is 14.2 Å². The Morgan fingerprint density at radius 1 is 1.07 bits per heavy atom. The Kier molecular flexibility index (Phi) is 8.07. The first-order chi connectivity index (χ1) is 13.6. The average molecular weight is 391 g/mol. The smallest absolute Gasteiger partial charge is 0.157 e. The van der Waals surface area contributed by atoms with Gasteiger partial charge in [0, 0.05) is 0 Å². The molecule has 0 saturated carbocycles. The third-order valence-corrected chi connectivity index (χ3v) is 6.06. The number of hydrogen-bond acceptors (Lipinski definition) is 3. The van der Waals surface area contributed by atoms with Crippen molar-refractivity contribution in [1.29, 1.82) is 0 Å². The normalized spacial score (nSPS) is 31.3. The van der Waals surface area contributed by atoms with Crippen LogP contribution in [-0.2, 0) is 20.6 Å². The van der Waals surface area contributed by atoms with Crippen molar-refractivity contribution in [3.05, 3.63) is 47.5 Å². The second-order valence-corrected chi connectivity index (χ2v) is 8.25. The predicted molar refractivity (Wildman–Crippen MR) is 110 cm³/mol. The fourth-order valence-electron chi connectivity index (χ4n) is 3.93. The van der Waals surface area contributed by atoms with E-state index < -0.39 is 5.67 Å². The molecule has 2 heterocycles. The summed E-state index contributed by atoms with van der Waals surface area (Å²) in [6, 6.07) is 8.90. The zero-order valence-electron chi connectivity index (χ0n) is 17.4. The number of alkyl halides is 1. The Bertz CT molecular complexity index is 597. The molecule has 4 heteroatoms. The van der Waals surface area contributed by atoms with E-state index in [0.717, 1.165) is 45.1 Å². The number of benzene rings is 1. The van der Waals surface area contributed by atoms with E-state index in [-0.39, 0.29) is 25.6 Å². The summed E-state index contributed by atoms with van der Waals surface area (Å²) in [5.41, 5.74) is 1.36. The topological polar surface area (TPSA) is 27.7 Å². The maximum atomic E-state index is 14.1. The third-order valence-electron chi connectivity index (χ3n) is 6.06. The Hall–Kier alpha value is -1.23. The van der Waals surface area contributed by atoms with Crippen molar-refractivity contribution in [3.8, 4) is 0 Å². The van der Waals surface area contributed by atoms with Crippen LogP contribution in [0.3, 0.4) is 0 Å². The van der Waals surface area contributed by atoms with Crippen LogP contribution < -0.4 is 0 Å². The van der Waals surface area contributed by atoms with Gasteiger partial charge in [-0.25, -0.2) is 4.39 Å². The highest BCUT2D eigenvalue weighted by atomic mass is 19.1. The largest absolute Gasteiger partial charge is 0.373 e. The van der Waals surface area contributed by atoms with Crippen molar-refractivity contribution in [3.63, 3.8) is 0 Å². The second kappa shape index (κ2) is 10.5. The first-order valence-electron chi connectivity index (χ1n) is 10.9. The van der Waals surface area contributed by atoms with E-state index in [1.807, 2.05) is 6.92 Å². The van der Waals surface area contributed by atoms with Crippen LogP contribution in [0.4, 0.5) is 4.39 Å². The summed E-state index contributed by atoms with van der Waals surface area (Å²) < 4.78 is 31.4. The maximum absolute atomic E-state index is 14.1. The van der Waals surface area contributed by atoms with Gasteiger partial charge in [0.15, 0.2) is 12.0 Å². The molecule has 1 aromatic carbocycles. The summed E-state index contributed by atoms with van der Waals surface area (Å²) in [7, 11) is 0. The molecule has 2 unspecified atom stereocenters. The number of halogens is 1. The summed E-state index contributed by atoms with van der Waals surface area (Å²) in [5, 5.41) is 0. The minimum absolute atomic E-state index is 0.155. The Balaban J connectivity index is 1.36. The molecular formula is C24H35FO3. The summed E-state index contributed by atoms with van der Waals surface area (Å²) in [4.78, 5) is 0. The van der Waals surface area contributed by atoms with Crippen LogP contribution in [0.5, 0.6) is 0 Å². The standard InChI is InChI=1S/C24H35FO3/c1-3-5-6-7-19-8-12-21(13-9-19)22-14-10-20(16-26-22)11-15-23-27-17-24(25,4-2)18-28-23/h3,5,8-9,12-13,20,22-23H,4,6-7,10-11,14-18H2,1-2H3/b5-3+. The van der Waals surface area contributed by atoms with E-state index in [2.05, 4.69) is 43.3 Å². The van der Waals surface area contributed by atoms with Crippen molar-refractivity contribution in [2.45, 2.75) is 76.9 Å². The van der Waals surface area contributed by atoms with E-state index in [1.165, 1.54) is 11.1 Å². The lowest BCUT2D eigenvalue weighted by molar-refractivity contribution is -0.237. The van der Waals surface area contributed by atoms with Crippen LogP contribution in [-0.4, -0.2) is 31.8 Å². The van der Waals surface area contributed by atoms with E-state index in [1.54, 1.807) is 0 Å². The quantitative estimate of drug-likeness (QED) is 0.515. The molecule has 2 saturated heterocycles. The van der Waals surface area contributed by atoms with Gasteiger partial charge in [-0.1, -0.05) is 43.3 Å². The maximum Gasteiger partial charge on any atom is 0.157 e. The van der Waals surface area contributed by atoms with Gasteiger partial charge in [-0.2, -0.15) is 0 Å². The molecule has 3 rings (SSSR count). The number of rotatable bonds is 8. The van der Waals surface area contributed by atoms with Gasteiger partial charge in [-0.3, -0.25) is 0 Å². The van der Waals surface area contributed by atoms with Gasteiger partial charge >= 0.3 is 0 Å². The van der Waals surface area contributed by atoms with Crippen LogP contribution >= 0.6 is 0 Å². The van der Waals surface area contributed by atoms with Gasteiger partial charge in [0.2, 0.25) is 0 Å². The molecule has 2 aliphatic rings. The van der Waals surface area contributed by atoms with Gasteiger partial charge in [-0.15, -0.1) is 0 Å². The van der Waals surface area contributed by atoms with E-state index in [9.17, 15) is 4.39 Å². The molecule has 0 N–H and O–H groups in total. The Morgan fingerprint density at radius 2 is 1.82 bits per heavy atom. The first kappa shape index (κ1) is 21.5. The molecule has 1 aromatic rings. The molecule has 2 aliphatic heterocycles. The molecule has 0 aliphatic carbocycles. The van der Waals surface area contributed by atoms with Crippen LogP contribution in [0.25, 0.3) is 0 Å². The summed E-state index contributed by atoms with van der Waals surface area (Å²) >= 11 is 0. The summed E-state index contributed by atoms with van der Waals surface area (Å²) in [6.07, 6.45) is 10.9. The molecule has 0 radical (unpaired) electrons.